The number of nitro groups is 1. The van der Waals surface area contributed by atoms with Crippen molar-refractivity contribution in [1.82, 2.24) is 9.97 Å². The molecule has 1 unspecified atom stereocenters. The van der Waals surface area contributed by atoms with Crippen LogP contribution in [0.1, 0.15) is 13.3 Å². The van der Waals surface area contributed by atoms with Crippen LogP contribution in [0.4, 0.5) is 17.5 Å². The summed E-state index contributed by atoms with van der Waals surface area (Å²) in [5.74, 6) is 6.35. The van der Waals surface area contributed by atoms with Gasteiger partial charge in [0.05, 0.1) is 4.92 Å². The quantitative estimate of drug-likeness (QED) is 0.385. The van der Waals surface area contributed by atoms with Crippen molar-refractivity contribution in [2.45, 2.75) is 19.4 Å². The molecule has 0 bridgehead atoms. The number of nitrogen functional groups attached to an aromatic ring is 1. The molecule has 1 rings (SSSR count). The summed E-state index contributed by atoms with van der Waals surface area (Å²) in [5, 5.41) is 13.9. The van der Waals surface area contributed by atoms with Gasteiger partial charge in [0.15, 0.2) is 0 Å². The first kappa shape index (κ1) is 14.5. The molecule has 1 aromatic rings. The molecule has 0 aliphatic heterocycles. The van der Waals surface area contributed by atoms with Crippen LogP contribution in [-0.4, -0.2) is 32.9 Å². The van der Waals surface area contributed by atoms with Crippen molar-refractivity contribution in [3.05, 3.63) is 16.3 Å². The number of nitrogens with zero attached hydrogens (tertiary/aromatic N) is 3. The third-order valence-corrected chi connectivity index (χ3v) is 3.03. The maximum atomic E-state index is 10.9. The fourth-order valence-corrected chi connectivity index (χ4v) is 2.06. The smallest absolute Gasteiger partial charge is 0.329 e. The third-order valence-electron chi connectivity index (χ3n) is 2.30. The van der Waals surface area contributed by atoms with Gasteiger partial charge in [0.1, 0.15) is 6.20 Å². The van der Waals surface area contributed by atoms with Crippen LogP contribution in [0.2, 0.25) is 0 Å². The molecule has 0 spiro atoms. The zero-order chi connectivity index (χ0) is 13.5. The molecule has 0 aromatic carbocycles. The van der Waals surface area contributed by atoms with Crippen LogP contribution in [0.25, 0.3) is 0 Å². The highest BCUT2D eigenvalue weighted by Gasteiger charge is 2.19. The second-order valence-electron chi connectivity index (χ2n) is 3.53. The normalized spacial score (nSPS) is 11.9. The fraction of sp³-hybridized carbons (Fsp3) is 0.556. The van der Waals surface area contributed by atoms with Crippen molar-refractivity contribution in [1.29, 1.82) is 0 Å². The van der Waals surface area contributed by atoms with Gasteiger partial charge in [-0.2, -0.15) is 16.7 Å². The van der Waals surface area contributed by atoms with Gasteiger partial charge in [0.2, 0.25) is 11.8 Å². The summed E-state index contributed by atoms with van der Waals surface area (Å²) in [5.41, 5.74) is 2.11. The van der Waals surface area contributed by atoms with E-state index >= 15 is 0 Å². The van der Waals surface area contributed by atoms with Gasteiger partial charge in [0.25, 0.3) is 0 Å². The van der Waals surface area contributed by atoms with Crippen LogP contribution >= 0.6 is 11.8 Å². The first-order chi connectivity index (χ1) is 8.62. The number of thioether (sulfide) groups is 1. The number of anilines is 2. The lowest BCUT2D eigenvalue weighted by Crippen LogP contribution is -2.23. The van der Waals surface area contributed by atoms with E-state index in [2.05, 4.69) is 20.7 Å². The predicted octanol–water partition coefficient (Wildman–Crippen LogP) is 1.22. The highest BCUT2D eigenvalue weighted by Crippen LogP contribution is 2.23. The number of rotatable bonds is 7. The lowest BCUT2D eigenvalue weighted by atomic mass is 10.2. The van der Waals surface area contributed by atoms with E-state index in [0.29, 0.717) is 0 Å². The van der Waals surface area contributed by atoms with E-state index in [1.165, 1.54) is 0 Å². The largest absolute Gasteiger partial charge is 0.361 e. The Kier molecular flexibility index (Phi) is 5.59. The SMILES string of the molecule is CCC(CSC)Nc1nc(NN)ncc1[N+](=O)[O-]. The zero-order valence-electron chi connectivity index (χ0n) is 10.2. The summed E-state index contributed by atoms with van der Waals surface area (Å²) < 4.78 is 0. The number of nitrogens with one attached hydrogen (secondary N) is 2. The topological polar surface area (TPSA) is 119 Å². The molecular formula is C9H16N6O2S. The Hall–Kier alpha value is -1.61. The van der Waals surface area contributed by atoms with Crippen molar-refractivity contribution in [3.63, 3.8) is 0 Å². The molecule has 18 heavy (non-hydrogen) atoms. The van der Waals surface area contributed by atoms with E-state index in [0.717, 1.165) is 18.4 Å². The van der Waals surface area contributed by atoms with Crippen LogP contribution in [0, 0.1) is 10.1 Å². The predicted molar refractivity (Wildman–Crippen MR) is 72.6 cm³/mol. The molecule has 1 aromatic heterocycles. The summed E-state index contributed by atoms with van der Waals surface area (Å²) in [7, 11) is 0. The second kappa shape index (κ2) is 6.97. The molecule has 9 heteroatoms. The minimum absolute atomic E-state index is 0.110. The van der Waals surface area contributed by atoms with E-state index in [1.807, 2.05) is 13.2 Å². The average Bonchev–Trinajstić information content (AvgIpc) is 2.37. The van der Waals surface area contributed by atoms with Crippen molar-refractivity contribution < 1.29 is 4.92 Å². The summed E-state index contributed by atoms with van der Waals surface area (Å²) in [6.45, 7) is 2.00. The lowest BCUT2D eigenvalue weighted by Gasteiger charge is -2.16. The summed E-state index contributed by atoms with van der Waals surface area (Å²) in [6.07, 6.45) is 3.95. The number of aromatic nitrogens is 2. The van der Waals surface area contributed by atoms with E-state index in [4.69, 9.17) is 5.84 Å². The van der Waals surface area contributed by atoms with Crippen molar-refractivity contribution >= 4 is 29.2 Å². The molecule has 0 amide bonds. The highest BCUT2D eigenvalue weighted by molar-refractivity contribution is 7.98. The van der Waals surface area contributed by atoms with Gasteiger partial charge in [-0.05, 0) is 12.7 Å². The molecule has 0 saturated heterocycles. The van der Waals surface area contributed by atoms with Crippen LogP contribution in [0.3, 0.4) is 0 Å². The maximum Gasteiger partial charge on any atom is 0.329 e. The molecule has 0 aliphatic carbocycles. The summed E-state index contributed by atoms with van der Waals surface area (Å²) in [4.78, 5) is 18.1. The Balaban J connectivity index is 2.99. The first-order valence-electron chi connectivity index (χ1n) is 5.35. The Bertz CT molecular complexity index is 416. The maximum absolute atomic E-state index is 10.9. The van der Waals surface area contributed by atoms with Gasteiger partial charge in [-0.3, -0.25) is 15.5 Å². The summed E-state index contributed by atoms with van der Waals surface area (Å²) >= 11 is 1.66. The summed E-state index contributed by atoms with van der Waals surface area (Å²) in [6, 6.07) is 0.110. The molecule has 0 radical (unpaired) electrons. The molecule has 1 atom stereocenters. The number of hydrogen-bond donors (Lipinski definition) is 3. The molecule has 8 nitrogen and oxygen atoms in total. The standard InChI is InChI=1S/C9H16N6O2S/c1-3-6(5-18-2)12-8-7(15(16)17)4-11-9(13-8)14-10/h4,6H,3,5,10H2,1-2H3,(H2,11,12,13,14). The van der Waals surface area contributed by atoms with Crippen LogP contribution in [0.5, 0.6) is 0 Å². The van der Waals surface area contributed by atoms with Crippen LogP contribution in [-0.2, 0) is 0 Å². The zero-order valence-corrected chi connectivity index (χ0v) is 11.0. The van der Waals surface area contributed by atoms with E-state index in [9.17, 15) is 10.1 Å². The van der Waals surface area contributed by atoms with Gasteiger partial charge in [0, 0.05) is 11.8 Å². The molecule has 0 fully saturated rings. The average molecular weight is 272 g/mol. The van der Waals surface area contributed by atoms with E-state index < -0.39 is 4.92 Å². The number of hydrazine groups is 1. The minimum atomic E-state index is -0.519. The Labute approximate surface area is 109 Å². The molecular weight excluding hydrogens is 256 g/mol. The van der Waals surface area contributed by atoms with Gasteiger partial charge in [-0.25, -0.2) is 10.8 Å². The molecule has 0 saturated carbocycles. The van der Waals surface area contributed by atoms with Gasteiger partial charge in [-0.15, -0.1) is 0 Å². The minimum Gasteiger partial charge on any atom is -0.361 e. The van der Waals surface area contributed by atoms with E-state index in [1.54, 1.807) is 11.8 Å². The van der Waals surface area contributed by atoms with Crippen molar-refractivity contribution in [3.8, 4) is 0 Å². The monoisotopic (exact) mass is 272 g/mol. The van der Waals surface area contributed by atoms with Gasteiger partial charge >= 0.3 is 5.69 Å². The third kappa shape index (κ3) is 3.70. The van der Waals surface area contributed by atoms with Crippen LogP contribution < -0.4 is 16.6 Å². The fourth-order valence-electron chi connectivity index (χ4n) is 1.34. The molecule has 1 heterocycles. The van der Waals surface area contributed by atoms with E-state index in [-0.39, 0.29) is 23.5 Å². The molecule has 0 aliphatic rings. The van der Waals surface area contributed by atoms with Gasteiger partial charge in [-0.1, -0.05) is 6.92 Å². The first-order valence-corrected chi connectivity index (χ1v) is 6.75. The Morgan fingerprint density at radius 3 is 2.89 bits per heavy atom. The highest BCUT2D eigenvalue weighted by atomic mass is 32.2. The van der Waals surface area contributed by atoms with Crippen molar-refractivity contribution in [2.24, 2.45) is 5.84 Å². The second-order valence-corrected chi connectivity index (χ2v) is 4.44. The lowest BCUT2D eigenvalue weighted by molar-refractivity contribution is -0.384. The van der Waals surface area contributed by atoms with Crippen molar-refractivity contribution in [2.75, 3.05) is 22.8 Å². The van der Waals surface area contributed by atoms with Crippen LogP contribution in [0.15, 0.2) is 6.20 Å². The Morgan fingerprint density at radius 1 is 1.67 bits per heavy atom. The Morgan fingerprint density at radius 2 is 2.39 bits per heavy atom. The molecule has 100 valence electrons. The molecule has 4 N–H and O–H groups in total. The number of hydrogen-bond acceptors (Lipinski definition) is 8. The number of nitrogens with two attached hydrogens (primary N) is 1. The van der Waals surface area contributed by atoms with Gasteiger partial charge < -0.3 is 5.32 Å².